The maximum atomic E-state index is 11.3. The van der Waals surface area contributed by atoms with E-state index in [1.807, 2.05) is 34.6 Å². The first-order valence-electron chi connectivity index (χ1n) is 12.8. The molecule has 216 valence electrons. The summed E-state index contributed by atoms with van der Waals surface area (Å²) in [5.41, 5.74) is 6.52. The molecule has 8 heteroatoms. The summed E-state index contributed by atoms with van der Waals surface area (Å²) >= 11 is 0. The number of aliphatic hydroxyl groups excluding tert-OH is 2. The minimum absolute atomic E-state index is 0.00429. The Kier molecular flexibility index (Phi) is 12.2. The average molecular weight is 545 g/mol. The van der Waals surface area contributed by atoms with Crippen molar-refractivity contribution in [2.45, 2.75) is 87.7 Å². The number of phenols is 1. The van der Waals surface area contributed by atoms with Crippen LogP contribution in [0.1, 0.15) is 73.1 Å². The third-order valence-electron chi connectivity index (χ3n) is 6.66. The average Bonchev–Trinajstić information content (AvgIpc) is 2.87. The van der Waals surface area contributed by atoms with Crippen LogP contribution < -0.4 is 14.2 Å². The van der Waals surface area contributed by atoms with Crippen LogP contribution in [0, 0.1) is 41.5 Å². The minimum atomic E-state index is -0.528. The van der Waals surface area contributed by atoms with Crippen LogP contribution in [0.4, 0.5) is 0 Å². The zero-order valence-electron chi connectivity index (χ0n) is 25.0. The topological polar surface area (TPSA) is 123 Å². The van der Waals surface area contributed by atoms with Gasteiger partial charge in [-0.3, -0.25) is 9.59 Å². The van der Waals surface area contributed by atoms with Crippen molar-refractivity contribution < 1.29 is 39.1 Å². The van der Waals surface area contributed by atoms with Gasteiger partial charge in [-0.05, 0) is 108 Å². The summed E-state index contributed by atoms with van der Waals surface area (Å²) in [6.45, 7) is 21.2. The molecular formula is C31H44O8. The van der Waals surface area contributed by atoms with Crippen LogP contribution in [0.2, 0.25) is 0 Å². The van der Waals surface area contributed by atoms with Gasteiger partial charge in [0.1, 0.15) is 28.6 Å². The molecular weight excluding hydrogens is 500 g/mol. The second-order valence-electron chi connectivity index (χ2n) is 10.3. The zero-order chi connectivity index (χ0) is 30.2. The normalized spacial score (nSPS) is 15.4. The van der Waals surface area contributed by atoms with Crippen LogP contribution in [-0.4, -0.2) is 46.1 Å². The fourth-order valence-electron chi connectivity index (χ4n) is 4.03. The molecule has 0 saturated heterocycles. The largest absolute Gasteiger partial charge is 0.508 e. The molecule has 1 heterocycles. The zero-order valence-corrected chi connectivity index (χ0v) is 25.0. The highest BCUT2D eigenvalue weighted by atomic mass is 16.5. The Hall–Kier alpha value is -3.36. The van der Waals surface area contributed by atoms with Crippen molar-refractivity contribution in [3.8, 4) is 23.0 Å². The van der Waals surface area contributed by atoms with Gasteiger partial charge in [0.05, 0.1) is 13.2 Å². The Bertz CT molecular complexity index is 1230. The Morgan fingerprint density at radius 2 is 1.38 bits per heavy atom. The number of carbonyl (C=O) groups excluding carboxylic acids is 2. The predicted octanol–water partition coefficient (Wildman–Crippen LogP) is 5.41. The number of phenolic OH excluding ortho intramolecular Hbond substituents is 1. The molecule has 8 nitrogen and oxygen atoms in total. The summed E-state index contributed by atoms with van der Waals surface area (Å²) in [6, 6.07) is 1.60. The number of ether oxygens (including phenoxy) is 3. The van der Waals surface area contributed by atoms with E-state index in [-0.39, 0.29) is 30.9 Å². The molecule has 3 N–H and O–H groups in total. The molecule has 0 aliphatic carbocycles. The number of benzene rings is 2. The summed E-state index contributed by atoms with van der Waals surface area (Å²) in [5, 5.41) is 27.0. The number of fused-ring (bicyclic) bond motifs is 1. The number of carbonyl (C=O) groups is 2. The van der Waals surface area contributed by atoms with Gasteiger partial charge in [-0.2, -0.15) is 0 Å². The molecule has 0 amide bonds. The number of hydrogen-bond donors (Lipinski definition) is 3. The SMILES string of the molecule is C=C(C)CO.CC(=O)Oc1c(C)c(C)c2c(c1C)CCC(C)(CO)O2.CC(=O)Oc1c(C)cc(O)c(C)c1C. The number of rotatable bonds is 4. The first-order valence-corrected chi connectivity index (χ1v) is 12.8. The first kappa shape index (κ1) is 33.7. The van der Waals surface area contributed by atoms with Gasteiger partial charge >= 0.3 is 11.9 Å². The third kappa shape index (κ3) is 8.83. The lowest BCUT2D eigenvalue weighted by atomic mass is 9.87. The van der Waals surface area contributed by atoms with E-state index in [0.29, 0.717) is 11.5 Å². The smallest absolute Gasteiger partial charge is 0.308 e. The van der Waals surface area contributed by atoms with Gasteiger partial charge in [-0.15, -0.1) is 0 Å². The first-order chi connectivity index (χ1) is 18.0. The third-order valence-corrected chi connectivity index (χ3v) is 6.66. The van der Waals surface area contributed by atoms with E-state index in [1.165, 1.54) is 13.8 Å². The fourth-order valence-corrected chi connectivity index (χ4v) is 4.03. The van der Waals surface area contributed by atoms with Crippen LogP contribution in [-0.2, 0) is 16.0 Å². The van der Waals surface area contributed by atoms with E-state index in [2.05, 4.69) is 6.58 Å². The van der Waals surface area contributed by atoms with Crippen LogP contribution in [0.5, 0.6) is 23.0 Å². The van der Waals surface area contributed by atoms with E-state index >= 15 is 0 Å². The number of aryl methyl sites for hydroxylation is 1. The number of hydrogen-bond acceptors (Lipinski definition) is 8. The van der Waals surface area contributed by atoms with Crippen molar-refractivity contribution in [2.75, 3.05) is 13.2 Å². The maximum Gasteiger partial charge on any atom is 0.308 e. The lowest BCUT2D eigenvalue weighted by Gasteiger charge is -2.36. The number of aromatic hydroxyl groups is 1. The molecule has 2 aromatic rings. The van der Waals surface area contributed by atoms with Gasteiger partial charge < -0.3 is 29.5 Å². The summed E-state index contributed by atoms with van der Waals surface area (Å²) in [7, 11) is 0. The van der Waals surface area contributed by atoms with Crippen molar-refractivity contribution >= 4 is 11.9 Å². The van der Waals surface area contributed by atoms with Crippen LogP contribution >= 0.6 is 0 Å². The highest BCUT2D eigenvalue weighted by Crippen LogP contribution is 2.43. The summed E-state index contributed by atoms with van der Waals surface area (Å²) in [4.78, 5) is 22.1. The lowest BCUT2D eigenvalue weighted by Crippen LogP contribution is -2.40. The van der Waals surface area contributed by atoms with Crippen LogP contribution in [0.3, 0.4) is 0 Å². The highest BCUT2D eigenvalue weighted by Gasteiger charge is 2.34. The van der Waals surface area contributed by atoms with Crippen molar-refractivity contribution in [1.29, 1.82) is 0 Å². The van der Waals surface area contributed by atoms with Crippen molar-refractivity contribution in [2.24, 2.45) is 0 Å². The van der Waals surface area contributed by atoms with E-state index in [9.17, 15) is 19.8 Å². The molecule has 3 rings (SSSR count). The molecule has 1 atom stereocenters. The number of esters is 2. The predicted molar refractivity (Wildman–Crippen MR) is 152 cm³/mol. The molecule has 1 unspecified atom stereocenters. The molecule has 0 bridgehead atoms. The van der Waals surface area contributed by atoms with Crippen molar-refractivity contribution in [3.05, 3.63) is 57.2 Å². The second kappa shape index (κ2) is 14.1. The van der Waals surface area contributed by atoms with E-state index in [0.717, 1.165) is 63.1 Å². The quantitative estimate of drug-likeness (QED) is 0.265. The van der Waals surface area contributed by atoms with Crippen molar-refractivity contribution in [1.82, 2.24) is 0 Å². The summed E-state index contributed by atoms with van der Waals surface area (Å²) < 4.78 is 16.4. The van der Waals surface area contributed by atoms with Gasteiger partial charge in [0, 0.05) is 19.4 Å². The monoisotopic (exact) mass is 544 g/mol. The highest BCUT2D eigenvalue weighted by molar-refractivity contribution is 5.72. The van der Waals surface area contributed by atoms with Crippen LogP contribution in [0.25, 0.3) is 0 Å². The summed E-state index contributed by atoms with van der Waals surface area (Å²) in [5.74, 6) is 1.60. The molecule has 0 fully saturated rings. The molecule has 0 aromatic heterocycles. The molecule has 1 aliphatic heterocycles. The maximum absolute atomic E-state index is 11.3. The molecule has 39 heavy (non-hydrogen) atoms. The Balaban J connectivity index is 0.000000348. The molecule has 0 saturated carbocycles. The van der Waals surface area contributed by atoms with E-state index < -0.39 is 5.60 Å². The molecule has 2 aromatic carbocycles. The van der Waals surface area contributed by atoms with E-state index in [1.54, 1.807) is 26.8 Å². The standard InChI is InChI=1S/C16H22O4.C11H14O3.C4H8O/c1-9-10(2)15-13(6-7-16(5,8-17)20-15)11(3)14(9)19-12(4)18;1-6-5-10(13)7(2)8(3)11(6)14-9(4)12;1-4(2)3-5/h17H,6-8H2,1-5H3;5,13H,1-4H3;5H,1,3H2,2H3. The minimum Gasteiger partial charge on any atom is -0.508 e. The van der Waals surface area contributed by atoms with Gasteiger partial charge in [-0.1, -0.05) is 12.2 Å². The van der Waals surface area contributed by atoms with Gasteiger partial charge in [-0.25, -0.2) is 0 Å². The van der Waals surface area contributed by atoms with Gasteiger partial charge in [0.25, 0.3) is 0 Å². The fraction of sp³-hybridized carbons (Fsp3) is 0.484. The Morgan fingerprint density at radius 1 is 0.897 bits per heavy atom. The molecule has 1 aliphatic rings. The van der Waals surface area contributed by atoms with Crippen LogP contribution in [0.15, 0.2) is 18.2 Å². The van der Waals surface area contributed by atoms with Crippen molar-refractivity contribution in [3.63, 3.8) is 0 Å². The molecule has 0 radical (unpaired) electrons. The summed E-state index contributed by atoms with van der Waals surface area (Å²) in [6.07, 6.45) is 1.56. The second-order valence-corrected chi connectivity index (χ2v) is 10.3. The number of aliphatic hydroxyl groups is 2. The molecule has 0 spiro atoms. The lowest BCUT2D eigenvalue weighted by molar-refractivity contribution is -0.132. The van der Waals surface area contributed by atoms with Gasteiger partial charge in [0.2, 0.25) is 0 Å². The Morgan fingerprint density at radius 3 is 1.85 bits per heavy atom. The van der Waals surface area contributed by atoms with Gasteiger partial charge in [0.15, 0.2) is 0 Å². The van der Waals surface area contributed by atoms with E-state index in [4.69, 9.17) is 19.3 Å². The Labute approximate surface area is 232 Å².